The molecule has 3 nitrogen and oxygen atoms in total. The van der Waals surface area contributed by atoms with Crippen molar-refractivity contribution in [3.05, 3.63) is 20.8 Å². The van der Waals surface area contributed by atoms with Gasteiger partial charge in [-0.05, 0) is 40.9 Å². The van der Waals surface area contributed by atoms with Crippen LogP contribution in [0.2, 0.25) is 0 Å². The highest BCUT2D eigenvalue weighted by Gasteiger charge is 2.29. The van der Waals surface area contributed by atoms with E-state index in [1.807, 2.05) is 13.0 Å². The molecule has 0 saturated heterocycles. The second-order valence-corrected chi connectivity index (χ2v) is 6.80. The van der Waals surface area contributed by atoms with E-state index in [-0.39, 0.29) is 11.4 Å². The molecular weight excluding hydrogens is 288 g/mol. The van der Waals surface area contributed by atoms with Crippen LogP contribution in [0.4, 0.5) is 0 Å². The molecule has 1 atom stereocenters. The van der Waals surface area contributed by atoms with Crippen LogP contribution in [0.25, 0.3) is 0 Å². The van der Waals surface area contributed by atoms with Crippen LogP contribution in [0.15, 0.2) is 15.9 Å². The molecule has 1 aromatic rings. The van der Waals surface area contributed by atoms with Crippen LogP contribution >= 0.6 is 27.3 Å². The molecule has 16 heavy (non-hydrogen) atoms. The molecule has 1 amide bonds. The first-order chi connectivity index (χ1) is 7.39. The third-order valence-electron chi connectivity index (χ3n) is 2.89. The van der Waals surface area contributed by atoms with Gasteiger partial charge in [0.1, 0.15) is 0 Å². The maximum atomic E-state index is 12.0. The number of rotatable bonds is 4. The van der Waals surface area contributed by atoms with Crippen molar-refractivity contribution in [2.45, 2.75) is 26.3 Å². The minimum absolute atomic E-state index is 0.0580. The summed E-state index contributed by atoms with van der Waals surface area (Å²) in [5.74, 6) is 0.238. The summed E-state index contributed by atoms with van der Waals surface area (Å²) in [6.45, 7) is 6.51. The number of halogens is 1. The normalized spacial score (nSPS) is 14.9. The van der Waals surface area contributed by atoms with Crippen LogP contribution in [0, 0.1) is 5.92 Å². The Labute approximate surface area is 109 Å². The van der Waals surface area contributed by atoms with Gasteiger partial charge in [-0.2, -0.15) is 0 Å². The number of nitrogens with two attached hydrogens (primary N) is 1. The van der Waals surface area contributed by atoms with Gasteiger partial charge in [-0.15, -0.1) is 11.3 Å². The van der Waals surface area contributed by atoms with Crippen LogP contribution in [0.5, 0.6) is 0 Å². The van der Waals surface area contributed by atoms with Gasteiger partial charge in [0, 0.05) is 6.54 Å². The highest BCUT2D eigenvalue weighted by molar-refractivity contribution is 9.11. The lowest BCUT2D eigenvalue weighted by Crippen LogP contribution is -2.54. The van der Waals surface area contributed by atoms with Crippen molar-refractivity contribution in [1.82, 2.24) is 5.32 Å². The quantitative estimate of drug-likeness (QED) is 0.898. The first-order valence-corrected chi connectivity index (χ1v) is 6.78. The van der Waals surface area contributed by atoms with Crippen molar-refractivity contribution >= 4 is 33.2 Å². The number of carbonyl (C=O) groups excluding carboxylic acids is 1. The maximum absolute atomic E-state index is 12.0. The largest absolute Gasteiger partial charge is 0.345 e. The first kappa shape index (κ1) is 13.7. The fraction of sp³-hybridized carbons (Fsp3) is 0.545. The number of thiophene rings is 1. The van der Waals surface area contributed by atoms with Crippen molar-refractivity contribution in [2.75, 3.05) is 6.54 Å². The van der Waals surface area contributed by atoms with Gasteiger partial charge >= 0.3 is 0 Å². The zero-order chi connectivity index (χ0) is 12.3. The predicted molar refractivity (Wildman–Crippen MR) is 71.8 cm³/mol. The van der Waals surface area contributed by atoms with Crippen molar-refractivity contribution < 1.29 is 4.79 Å². The second-order valence-electron chi connectivity index (χ2n) is 4.33. The lowest BCUT2D eigenvalue weighted by atomic mass is 9.88. The molecular formula is C11H17BrN2OS. The summed E-state index contributed by atoms with van der Waals surface area (Å²) >= 11 is 4.76. The van der Waals surface area contributed by atoms with Crippen molar-refractivity contribution in [3.8, 4) is 0 Å². The molecule has 90 valence electrons. The third kappa shape index (κ3) is 3.06. The van der Waals surface area contributed by atoms with E-state index in [9.17, 15) is 4.79 Å². The highest BCUT2D eigenvalue weighted by atomic mass is 79.9. The minimum Gasteiger partial charge on any atom is -0.345 e. The molecule has 5 heteroatoms. The summed E-state index contributed by atoms with van der Waals surface area (Å²) in [5, 5.41) is 3.00. The summed E-state index contributed by atoms with van der Waals surface area (Å²) in [6.07, 6.45) is 0. The lowest BCUT2D eigenvalue weighted by Gasteiger charge is -2.33. The number of nitrogens with one attached hydrogen (secondary N) is 1. The molecule has 1 heterocycles. The summed E-state index contributed by atoms with van der Waals surface area (Å²) in [5.41, 5.74) is 5.37. The SMILES string of the molecule is CC(C)C(C)(CN)NC(=O)c1ccc(Br)s1. The monoisotopic (exact) mass is 304 g/mol. The Morgan fingerprint density at radius 3 is 2.62 bits per heavy atom. The molecule has 0 aliphatic heterocycles. The first-order valence-electron chi connectivity index (χ1n) is 5.17. The Morgan fingerprint density at radius 1 is 1.62 bits per heavy atom. The summed E-state index contributed by atoms with van der Waals surface area (Å²) in [6, 6.07) is 3.68. The van der Waals surface area contributed by atoms with Crippen LogP contribution in [-0.2, 0) is 0 Å². The average molecular weight is 305 g/mol. The Morgan fingerprint density at radius 2 is 2.25 bits per heavy atom. The molecule has 0 bridgehead atoms. The lowest BCUT2D eigenvalue weighted by molar-refractivity contribution is 0.0887. The standard InChI is InChI=1S/C11H17BrN2OS/c1-7(2)11(3,6-13)14-10(15)8-4-5-9(12)16-8/h4-5,7H,6,13H2,1-3H3,(H,14,15). The van der Waals surface area contributed by atoms with Crippen LogP contribution in [0.3, 0.4) is 0 Å². The molecule has 0 saturated carbocycles. The number of carbonyl (C=O) groups is 1. The van der Waals surface area contributed by atoms with E-state index < -0.39 is 0 Å². The molecule has 0 aromatic carbocycles. The summed E-state index contributed by atoms with van der Waals surface area (Å²) < 4.78 is 0.955. The van der Waals surface area contributed by atoms with Gasteiger partial charge in [0.15, 0.2) is 0 Å². The highest BCUT2D eigenvalue weighted by Crippen LogP contribution is 2.23. The molecule has 0 fully saturated rings. The van der Waals surface area contributed by atoms with E-state index in [1.54, 1.807) is 6.07 Å². The van der Waals surface area contributed by atoms with Gasteiger partial charge in [-0.1, -0.05) is 13.8 Å². The fourth-order valence-electron chi connectivity index (χ4n) is 1.19. The van der Waals surface area contributed by atoms with Gasteiger partial charge in [0.25, 0.3) is 5.91 Å². The van der Waals surface area contributed by atoms with E-state index in [2.05, 4.69) is 35.1 Å². The molecule has 1 aromatic heterocycles. The number of hydrogen-bond acceptors (Lipinski definition) is 3. The van der Waals surface area contributed by atoms with Gasteiger partial charge in [-0.3, -0.25) is 4.79 Å². The molecule has 0 aliphatic carbocycles. The predicted octanol–water partition coefficient (Wildman–Crippen LogP) is 2.61. The molecule has 1 rings (SSSR count). The molecule has 0 aliphatic rings. The topological polar surface area (TPSA) is 55.1 Å². The van der Waals surface area contributed by atoms with E-state index >= 15 is 0 Å². The zero-order valence-corrected chi connectivity index (χ0v) is 12.1. The number of hydrogen-bond donors (Lipinski definition) is 2. The van der Waals surface area contributed by atoms with Crippen LogP contribution in [0.1, 0.15) is 30.4 Å². The average Bonchev–Trinajstić information content (AvgIpc) is 2.64. The molecule has 0 spiro atoms. The van der Waals surface area contributed by atoms with E-state index in [1.165, 1.54) is 11.3 Å². The molecule has 0 radical (unpaired) electrons. The maximum Gasteiger partial charge on any atom is 0.261 e. The Balaban J connectivity index is 2.77. The van der Waals surface area contributed by atoms with Gasteiger partial charge < -0.3 is 11.1 Å². The van der Waals surface area contributed by atoms with Crippen LogP contribution < -0.4 is 11.1 Å². The third-order valence-corrected chi connectivity index (χ3v) is 4.52. The van der Waals surface area contributed by atoms with Crippen LogP contribution in [-0.4, -0.2) is 18.0 Å². The molecule has 3 N–H and O–H groups in total. The number of amides is 1. The Bertz CT molecular complexity index is 378. The van der Waals surface area contributed by atoms with Crippen molar-refractivity contribution in [3.63, 3.8) is 0 Å². The molecule has 1 unspecified atom stereocenters. The van der Waals surface area contributed by atoms with Crippen molar-refractivity contribution in [2.24, 2.45) is 11.7 Å². The van der Waals surface area contributed by atoms with Crippen molar-refractivity contribution in [1.29, 1.82) is 0 Å². The summed E-state index contributed by atoms with van der Waals surface area (Å²) in [4.78, 5) is 12.7. The smallest absolute Gasteiger partial charge is 0.261 e. The zero-order valence-electron chi connectivity index (χ0n) is 9.71. The summed E-state index contributed by atoms with van der Waals surface area (Å²) in [7, 11) is 0. The minimum atomic E-state index is -0.354. The van der Waals surface area contributed by atoms with Gasteiger partial charge in [-0.25, -0.2) is 0 Å². The van der Waals surface area contributed by atoms with Gasteiger partial charge in [0.2, 0.25) is 0 Å². The van der Waals surface area contributed by atoms with E-state index in [0.29, 0.717) is 17.3 Å². The van der Waals surface area contributed by atoms with E-state index in [4.69, 9.17) is 5.73 Å². The second kappa shape index (κ2) is 5.29. The Hall–Kier alpha value is -0.390. The van der Waals surface area contributed by atoms with Gasteiger partial charge in [0.05, 0.1) is 14.2 Å². The Kier molecular flexibility index (Phi) is 4.52. The fourth-order valence-corrected chi connectivity index (χ4v) is 2.47. The van der Waals surface area contributed by atoms with E-state index in [0.717, 1.165) is 3.79 Å².